The summed E-state index contributed by atoms with van der Waals surface area (Å²) in [5, 5.41) is 0. The number of quaternary nitrogens is 1. The molecule has 0 radical (unpaired) electrons. The minimum absolute atomic E-state index is 0.167. The quantitative estimate of drug-likeness (QED) is 0.0824. The van der Waals surface area contributed by atoms with Gasteiger partial charge in [0.2, 0.25) is 6.29 Å². The summed E-state index contributed by atoms with van der Waals surface area (Å²) in [6.07, 6.45) is 12.7. The number of esters is 1. The lowest BCUT2D eigenvalue weighted by molar-refractivity contribution is -0.904. The number of carbonyl (C=O) groups excluding carboxylic acids is 1. The molecule has 0 heterocycles. The van der Waals surface area contributed by atoms with Crippen molar-refractivity contribution in [2.45, 2.75) is 104 Å². The van der Waals surface area contributed by atoms with Crippen molar-refractivity contribution in [3.8, 4) is 5.75 Å². The van der Waals surface area contributed by atoms with Crippen LogP contribution in [0.15, 0.2) is 54.6 Å². The van der Waals surface area contributed by atoms with Crippen LogP contribution < -0.4 is 4.74 Å². The largest absolute Gasteiger partial charge is 0.455 e. The van der Waals surface area contributed by atoms with E-state index in [0.29, 0.717) is 6.42 Å². The first-order valence-corrected chi connectivity index (χ1v) is 14.6. The monoisotopic (exact) mass is 510 g/mol. The normalized spacial score (nSPS) is 13.2. The second-order valence-corrected chi connectivity index (χ2v) is 11.3. The zero-order chi connectivity index (χ0) is 26.9. The minimum atomic E-state index is -0.555. The zero-order valence-corrected chi connectivity index (χ0v) is 24.2. The Balaban J connectivity index is 1.70. The van der Waals surface area contributed by atoms with Crippen LogP contribution in [0, 0.1) is 5.92 Å². The van der Waals surface area contributed by atoms with Gasteiger partial charge in [0, 0.05) is 18.4 Å². The fourth-order valence-electron chi connectivity index (χ4n) is 4.60. The third kappa shape index (κ3) is 13.2. The first-order valence-electron chi connectivity index (χ1n) is 14.6. The number of hydrogen-bond donors (Lipinski definition) is 0. The average Bonchev–Trinajstić information content (AvgIpc) is 2.89. The molecule has 0 spiro atoms. The highest BCUT2D eigenvalue weighted by Gasteiger charge is 2.24. The summed E-state index contributed by atoms with van der Waals surface area (Å²) in [5.74, 6) is 0.408. The van der Waals surface area contributed by atoms with E-state index in [1.165, 1.54) is 62.5 Å². The summed E-state index contributed by atoms with van der Waals surface area (Å²) >= 11 is 0. The Hall–Kier alpha value is -2.33. The first kappa shape index (κ1) is 30.9. The molecule has 2 rings (SSSR count). The lowest BCUT2D eigenvalue weighted by Crippen LogP contribution is -2.41. The molecule has 0 N–H and O–H groups in total. The summed E-state index contributed by atoms with van der Waals surface area (Å²) in [5.41, 5.74) is 2.65. The molecule has 2 aromatic carbocycles. The van der Waals surface area contributed by atoms with Crippen molar-refractivity contribution in [3.05, 3.63) is 65.7 Å². The molecule has 0 fully saturated rings. The second kappa shape index (κ2) is 17.2. The maximum atomic E-state index is 12.8. The lowest BCUT2D eigenvalue weighted by atomic mass is 10.0. The molecule has 2 atom stereocenters. The Morgan fingerprint density at radius 1 is 0.811 bits per heavy atom. The predicted molar refractivity (Wildman–Crippen MR) is 154 cm³/mol. The van der Waals surface area contributed by atoms with Gasteiger partial charge in [0.05, 0.1) is 26.6 Å². The molecule has 0 amide bonds. The van der Waals surface area contributed by atoms with Crippen molar-refractivity contribution in [3.63, 3.8) is 0 Å². The molecule has 4 nitrogen and oxygen atoms in total. The van der Waals surface area contributed by atoms with Crippen LogP contribution >= 0.6 is 0 Å². The van der Waals surface area contributed by atoms with Gasteiger partial charge in [0.15, 0.2) is 0 Å². The molecule has 206 valence electrons. The van der Waals surface area contributed by atoms with Gasteiger partial charge in [-0.15, -0.1) is 0 Å². The lowest BCUT2D eigenvalue weighted by Gasteiger charge is -2.31. The molecule has 2 aromatic rings. The van der Waals surface area contributed by atoms with Crippen LogP contribution in [0.5, 0.6) is 5.75 Å². The molecule has 37 heavy (non-hydrogen) atoms. The van der Waals surface area contributed by atoms with E-state index in [1.54, 1.807) is 0 Å². The van der Waals surface area contributed by atoms with Gasteiger partial charge < -0.3 is 14.0 Å². The highest BCUT2D eigenvalue weighted by Crippen LogP contribution is 2.20. The predicted octanol–water partition coefficient (Wildman–Crippen LogP) is 8.33. The molecule has 0 bridgehead atoms. The number of ether oxygens (including phenoxy) is 2. The van der Waals surface area contributed by atoms with Gasteiger partial charge in [0.25, 0.3) is 0 Å². The van der Waals surface area contributed by atoms with Crippen molar-refractivity contribution < 1.29 is 18.8 Å². The molecular formula is C33H52NO3+. The van der Waals surface area contributed by atoms with Crippen LogP contribution in [0.3, 0.4) is 0 Å². The van der Waals surface area contributed by atoms with Gasteiger partial charge in [-0.05, 0) is 30.5 Å². The highest BCUT2D eigenvalue weighted by molar-refractivity contribution is 5.72. The third-order valence-electron chi connectivity index (χ3n) is 7.11. The molecule has 0 aliphatic rings. The van der Waals surface area contributed by atoms with Crippen LogP contribution in [-0.4, -0.2) is 37.4 Å². The van der Waals surface area contributed by atoms with E-state index >= 15 is 0 Å². The summed E-state index contributed by atoms with van der Waals surface area (Å²) < 4.78 is 12.6. The summed E-state index contributed by atoms with van der Waals surface area (Å²) in [6, 6.07) is 18.8. The minimum Gasteiger partial charge on any atom is -0.455 e. The van der Waals surface area contributed by atoms with Gasteiger partial charge in [-0.2, -0.15) is 0 Å². The summed E-state index contributed by atoms with van der Waals surface area (Å²) in [7, 11) is 4.42. The molecule has 4 heteroatoms. The molecule has 0 saturated carbocycles. The Morgan fingerprint density at radius 3 is 2.05 bits per heavy atom. The maximum Gasteiger partial charge on any atom is 0.311 e. The first-order chi connectivity index (χ1) is 17.8. The number of benzene rings is 2. The zero-order valence-electron chi connectivity index (χ0n) is 24.2. The Kier molecular flexibility index (Phi) is 14.4. The highest BCUT2D eigenvalue weighted by atomic mass is 16.7. The molecular weight excluding hydrogens is 458 g/mol. The van der Waals surface area contributed by atoms with Gasteiger partial charge in [-0.25, -0.2) is 0 Å². The van der Waals surface area contributed by atoms with Gasteiger partial charge in [0.1, 0.15) is 12.3 Å². The summed E-state index contributed by atoms with van der Waals surface area (Å²) in [6.45, 7) is 8.06. The van der Waals surface area contributed by atoms with Crippen molar-refractivity contribution in [1.29, 1.82) is 0 Å². The standard InChI is InChI=1S/C33H52NO3/c1-6-8-9-10-11-12-13-15-18-29-21-23-31(24-22-29)36-32(7-2)37-33(35)28(3)25-26-34(4,5)27-30-19-16-14-17-20-30/h14,16-17,19-24,28,32H,6-13,15,18,25-27H2,1-5H3/q+1. The number of unbranched alkanes of at least 4 members (excludes halogenated alkanes) is 7. The van der Waals surface area contributed by atoms with Crippen LogP contribution in [0.2, 0.25) is 0 Å². The smallest absolute Gasteiger partial charge is 0.311 e. The van der Waals surface area contributed by atoms with E-state index in [0.717, 1.165) is 36.2 Å². The van der Waals surface area contributed by atoms with E-state index in [-0.39, 0.29) is 11.9 Å². The molecule has 0 aliphatic heterocycles. The number of rotatable bonds is 19. The second-order valence-electron chi connectivity index (χ2n) is 11.3. The van der Waals surface area contributed by atoms with Crippen molar-refractivity contribution in [2.24, 2.45) is 5.92 Å². The van der Waals surface area contributed by atoms with Crippen molar-refractivity contribution in [1.82, 2.24) is 0 Å². The van der Waals surface area contributed by atoms with Gasteiger partial charge >= 0.3 is 5.97 Å². The SMILES string of the molecule is CCCCCCCCCCc1ccc(OC(CC)OC(=O)C(C)CC[N+](C)(C)Cc2ccccc2)cc1. The van der Waals surface area contributed by atoms with Crippen LogP contribution in [0.1, 0.15) is 96.1 Å². The van der Waals surface area contributed by atoms with E-state index in [1.807, 2.05) is 32.0 Å². The molecule has 0 saturated heterocycles. The molecule has 0 aromatic heterocycles. The van der Waals surface area contributed by atoms with E-state index in [9.17, 15) is 4.79 Å². The summed E-state index contributed by atoms with van der Waals surface area (Å²) in [4.78, 5) is 12.8. The van der Waals surface area contributed by atoms with Gasteiger partial charge in [-0.1, -0.05) is 108 Å². The van der Waals surface area contributed by atoms with E-state index in [4.69, 9.17) is 9.47 Å². The topological polar surface area (TPSA) is 35.5 Å². The Labute approximate surface area is 227 Å². The van der Waals surface area contributed by atoms with Crippen molar-refractivity contribution >= 4 is 5.97 Å². The van der Waals surface area contributed by atoms with Crippen molar-refractivity contribution in [2.75, 3.05) is 20.6 Å². The fraction of sp³-hybridized carbons (Fsp3) is 0.606. The number of carbonyl (C=O) groups is 1. The number of hydrogen-bond acceptors (Lipinski definition) is 3. The average molecular weight is 511 g/mol. The van der Waals surface area contributed by atoms with E-state index < -0.39 is 6.29 Å². The number of nitrogens with zero attached hydrogens (tertiary/aromatic N) is 1. The van der Waals surface area contributed by atoms with E-state index in [2.05, 4.69) is 57.4 Å². The number of aryl methyl sites for hydroxylation is 1. The third-order valence-corrected chi connectivity index (χ3v) is 7.11. The Bertz CT molecular complexity index is 863. The van der Waals surface area contributed by atoms with Crippen LogP contribution in [0.4, 0.5) is 0 Å². The Morgan fingerprint density at radius 2 is 1.43 bits per heavy atom. The molecule has 2 unspecified atom stereocenters. The van der Waals surface area contributed by atoms with Gasteiger partial charge in [-0.3, -0.25) is 4.79 Å². The maximum absolute atomic E-state index is 12.8. The van der Waals surface area contributed by atoms with Crippen LogP contribution in [0.25, 0.3) is 0 Å². The molecule has 0 aliphatic carbocycles. The fourth-order valence-corrected chi connectivity index (χ4v) is 4.60. The van der Waals surface area contributed by atoms with Crippen LogP contribution in [-0.2, 0) is 22.5 Å².